The highest BCUT2D eigenvalue weighted by Gasteiger charge is 2.40. The third-order valence-corrected chi connectivity index (χ3v) is 4.37. The maximum Gasteiger partial charge on any atom is 0.326 e. The summed E-state index contributed by atoms with van der Waals surface area (Å²) in [7, 11) is 1.71. The predicted octanol–water partition coefficient (Wildman–Crippen LogP) is 3.85. The zero-order chi connectivity index (χ0) is 17.0. The monoisotopic (exact) mass is 335 g/mol. The fourth-order valence-electron chi connectivity index (χ4n) is 2.52. The predicted molar refractivity (Wildman–Crippen MR) is 93.5 cm³/mol. The molecule has 1 aromatic rings. The van der Waals surface area contributed by atoms with Crippen LogP contribution in [-0.2, 0) is 4.74 Å². The first kappa shape index (κ1) is 17.5. The van der Waals surface area contributed by atoms with Gasteiger partial charge in [-0.2, -0.15) is 0 Å². The number of carbonyl (C=O) groups is 1. The number of carbonyl (C=O) groups excluding carboxylic acids is 1. The van der Waals surface area contributed by atoms with E-state index in [1.807, 2.05) is 26.0 Å². The second kappa shape index (κ2) is 7.15. The van der Waals surface area contributed by atoms with Gasteiger partial charge in [-0.3, -0.25) is 9.89 Å². The highest BCUT2D eigenvalue weighted by atomic mass is 35.5. The molecule has 1 aromatic carbocycles. The maximum atomic E-state index is 12.7. The normalized spacial score (nSPS) is 21.4. The van der Waals surface area contributed by atoms with E-state index in [0.717, 1.165) is 12.0 Å². The van der Waals surface area contributed by atoms with E-state index in [9.17, 15) is 4.79 Å². The minimum absolute atomic E-state index is 0.123. The summed E-state index contributed by atoms with van der Waals surface area (Å²) in [6, 6.07) is 7.12. The van der Waals surface area contributed by atoms with Crippen molar-refractivity contribution in [2.45, 2.75) is 26.0 Å². The number of aliphatic imine (C=N–C) groups is 1. The smallest absolute Gasteiger partial charge is 0.326 e. The first-order chi connectivity index (χ1) is 10.9. The van der Waals surface area contributed by atoms with Gasteiger partial charge in [0.2, 0.25) is 0 Å². The van der Waals surface area contributed by atoms with Gasteiger partial charge < -0.3 is 9.64 Å². The first-order valence-corrected chi connectivity index (χ1v) is 7.92. The van der Waals surface area contributed by atoms with Crippen LogP contribution in [0.15, 0.2) is 35.5 Å². The van der Waals surface area contributed by atoms with Crippen LogP contribution in [0.4, 0.5) is 4.79 Å². The van der Waals surface area contributed by atoms with Crippen molar-refractivity contribution in [3.05, 3.63) is 41.1 Å². The largest absolute Gasteiger partial charge is 0.354 e. The van der Waals surface area contributed by atoms with Crippen LogP contribution < -0.4 is 0 Å². The van der Waals surface area contributed by atoms with Crippen LogP contribution in [0.1, 0.15) is 25.8 Å². The number of amides is 2. The Morgan fingerprint density at radius 2 is 2.17 bits per heavy atom. The van der Waals surface area contributed by atoms with Crippen molar-refractivity contribution in [3.63, 3.8) is 0 Å². The number of hydrogen-bond acceptors (Lipinski definition) is 3. The average Bonchev–Trinajstić information content (AvgIpc) is 2.95. The van der Waals surface area contributed by atoms with Crippen LogP contribution in [0.3, 0.4) is 0 Å². The molecular weight excluding hydrogens is 314 g/mol. The molecule has 1 aliphatic rings. The molecule has 124 valence electrons. The van der Waals surface area contributed by atoms with Gasteiger partial charge in [0.05, 0.1) is 12.3 Å². The molecule has 0 spiro atoms. The summed E-state index contributed by atoms with van der Waals surface area (Å²) < 4.78 is 5.71. The Labute approximate surface area is 142 Å². The first-order valence-electron chi connectivity index (χ1n) is 7.54. The van der Waals surface area contributed by atoms with Crippen molar-refractivity contribution >= 4 is 30.0 Å². The Hall–Kier alpha value is -1.85. The fourth-order valence-corrected chi connectivity index (χ4v) is 2.64. The van der Waals surface area contributed by atoms with Gasteiger partial charge in [-0.05, 0) is 32.2 Å². The number of halogens is 1. The molecule has 1 saturated heterocycles. The fraction of sp³-hybridized carbons (Fsp3) is 0.412. The van der Waals surface area contributed by atoms with E-state index >= 15 is 0 Å². The van der Waals surface area contributed by atoms with Gasteiger partial charge in [0, 0.05) is 30.4 Å². The molecule has 0 saturated carbocycles. The third-order valence-electron chi connectivity index (χ3n) is 4.11. The van der Waals surface area contributed by atoms with Crippen LogP contribution in [0.5, 0.6) is 0 Å². The minimum Gasteiger partial charge on any atom is -0.354 e. The number of rotatable bonds is 4. The number of urea groups is 1. The second-order valence-electron chi connectivity index (χ2n) is 5.60. The molecule has 1 heterocycles. The molecule has 5 nitrogen and oxygen atoms in total. The van der Waals surface area contributed by atoms with E-state index in [0.29, 0.717) is 23.9 Å². The highest BCUT2D eigenvalue weighted by Crippen LogP contribution is 2.28. The van der Waals surface area contributed by atoms with E-state index in [2.05, 4.69) is 11.7 Å². The van der Waals surface area contributed by atoms with Gasteiger partial charge in [0.1, 0.15) is 5.72 Å². The average molecular weight is 336 g/mol. The topological polar surface area (TPSA) is 45.1 Å². The summed E-state index contributed by atoms with van der Waals surface area (Å²) in [5.74, 6) is 0. The molecule has 0 aromatic heterocycles. The zero-order valence-electron chi connectivity index (χ0n) is 13.8. The van der Waals surface area contributed by atoms with Crippen LogP contribution in [-0.4, -0.2) is 48.5 Å². The third kappa shape index (κ3) is 3.74. The molecule has 1 atom stereocenters. The van der Waals surface area contributed by atoms with E-state index in [4.69, 9.17) is 16.3 Å². The summed E-state index contributed by atoms with van der Waals surface area (Å²) in [4.78, 5) is 20.0. The summed E-state index contributed by atoms with van der Waals surface area (Å²) in [5.41, 5.74) is 0.900. The van der Waals surface area contributed by atoms with Crippen molar-refractivity contribution in [2.24, 2.45) is 4.99 Å². The maximum absolute atomic E-state index is 12.7. The molecule has 1 aliphatic heterocycles. The molecule has 0 N–H and O–H groups in total. The van der Waals surface area contributed by atoms with Crippen LogP contribution in [0.2, 0.25) is 5.02 Å². The summed E-state index contributed by atoms with van der Waals surface area (Å²) in [6.07, 6.45) is 2.41. The Morgan fingerprint density at radius 1 is 1.52 bits per heavy atom. The van der Waals surface area contributed by atoms with E-state index in [1.165, 1.54) is 4.90 Å². The Bertz CT molecular complexity index is 615. The molecule has 1 fully saturated rings. The number of hydrogen-bond donors (Lipinski definition) is 0. The molecule has 0 radical (unpaired) electrons. The Kier molecular flexibility index (Phi) is 5.44. The second-order valence-corrected chi connectivity index (χ2v) is 6.04. The number of benzene rings is 1. The van der Waals surface area contributed by atoms with Gasteiger partial charge in [0.25, 0.3) is 0 Å². The lowest BCUT2D eigenvalue weighted by Gasteiger charge is -2.34. The van der Waals surface area contributed by atoms with E-state index in [1.54, 1.807) is 30.3 Å². The minimum atomic E-state index is -0.554. The Morgan fingerprint density at radius 3 is 2.74 bits per heavy atom. The van der Waals surface area contributed by atoms with Crippen molar-refractivity contribution in [2.75, 3.05) is 20.2 Å². The van der Waals surface area contributed by atoms with Crippen LogP contribution in [0.25, 0.3) is 5.70 Å². The van der Waals surface area contributed by atoms with Crippen LogP contribution in [0, 0.1) is 0 Å². The molecule has 2 amide bonds. The molecule has 23 heavy (non-hydrogen) atoms. The zero-order valence-corrected chi connectivity index (χ0v) is 14.5. The van der Waals surface area contributed by atoms with E-state index < -0.39 is 5.72 Å². The highest BCUT2D eigenvalue weighted by molar-refractivity contribution is 6.30. The lowest BCUT2D eigenvalue weighted by molar-refractivity contribution is -0.0528. The quantitative estimate of drug-likeness (QED) is 0.784. The van der Waals surface area contributed by atoms with E-state index in [-0.39, 0.29) is 6.03 Å². The molecule has 6 heteroatoms. The van der Waals surface area contributed by atoms with Crippen molar-refractivity contribution < 1.29 is 9.53 Å². The van der Waals surface area contributed by atoms with Gasteiger partial charge in [-0.15, -0.1) is 0 Å². The molecule has 0 bridgehead atoms. The molecule has 0 aliphatic carbocycles. The molecule has 1 unspecified atom stereocenters. The molecule has 2 rings (SSSR count). The lowest BCUT2D eigenvalue weighted by Crippen LogP contribution is -2.49. The standard InChI is InChI=1S/C17H22ClN3O2/c1-5-17(2)21(10-11-23-17)16(22)20(4)12-15(19-3)13-6-8-14(18)9-7-13/h6-9,12H,3,5,10-11H2,1-2,4H3/b15-12-. The van der Waals surface area contributed by atoms with Gasteiger partial charge in [-0.25, -0.2) is 4.79 Å². The number of nitrogens with zero attached hydrogens (tertiary/aromatic N) is 3. The molecular formula is C17H22ClN3O2. The van der Waals surface area contributed by atoms with Gasteiger partial charge >= 0.3 is 6.03 Å². The van der Waals surface area contributed by atoms with Crippen LogP contribution >= 0.6 is 11.6 Å². The summed E-state index contributed by atoms with van der Waals surface area (Å²) in [5, 5.41) is 0.648. The van der Waals surface area contributed by atoms with Gasteiger partial charge in [-0.1, -0.05) is 30.7 Å². The summed E-state index contributed by atoms with van der Waals surface area (Å²) in [6.45, 7) is 8.66. The van der Waals surface area contributed by atoms with Gasteiger partial charge in [0.15, 0.2) is 0 Å². The SMILES string of the molecule is C=N/C(=C\N(C)C(=O)N1CCOC1(C)CC)c1ccc(Cl)cc1. The van der Waals surface area contributed by atoms with Crippen molar-refractivity contribution in [1.82, 2.24) is 9.80 Å². The Balaban J connectivity index is 2.21. The van der Waals surface area contributed by atoms with Crippen molar-refractivity contribution in [1.29, 1.82) is 0 Å². The lowest BCUT2D eigenvalue weighted by atomic mass is 10.1. The van der Waals surface area contributed by atoms with Crippen molar-refractivity contribution in [3.8, 4) is 0 Å². The summed E-state index contributed by atoms with van der Waals surface area (Å²) >= 11 is 5.90. The number of ether oxygens (including phenoxy) is 1.